The van der Waals surface area contributed by atoms with Crippen molar-refractivity contribution in [3.8, 4) is 5.69 Å². The molecule has 0 saturated carbocycles. The standard InChI is InChI=1S/C20H19N2O2.BrH/c1-2-24-20(23)19-18(22-9-4-3-5-10-22)13-16-11-14-7-6-8-15(14)12-17(16)21-19;/h3-5,9-13H,2,6-8H2,1H3;1H/q+1;/p-1. The van der Waals surface area contributed by atoms with Crippen molar-refractivity contribution in [3.05, 3.63) is 65.6 Å². The van der Waals surface area contributed by atoms with Gasteiger partial charge in [-0.3, -0.25) is 0 Å². The highest BCUT2D eigenvalue weighted by Gasteiger charge is 2.24. The van der Waals surface area contributed by atoms with Gasteiger partial charge in [0.25, 0.3) is 0 Å². The molecule has 0 amide bonds. The van der Waals surface area contributed by atoms with Crippen LogP contribution >= 0.6 is 0 Å². The number of nitrogens with zero attached hydrogens (tertiary/aromatic N) is 2. The molecule has 1 aliphatic carbocycles. The van der Waals surface area contributed by atoms with E-state index in [-0.39, 0.29) is 23.0 Å². The lowest BCUT2D eigenvalue weighted by Crippen LogP contribution is -3.00. The summed E-state index contributed by atoms with van der Waals surface area (Å²) in [4.78, 5) is 17.1. The van der Waals surface area contributed by atoms with Crippen LogP contribution < -0.4 is 21.5 Å². The maximum Gasteiger partial charge on any atom is 0.363 e. The molecule has 2 heterocycles. The SMILES string of the molecule is CCOC(=O)c1nc2cc3c(cc2cc1-[n+]1ccccc1)CCC3.[Br-]. The van der Waals surface area contributed by atoms with Gasteiger partial charge in [0.1, 0.15) is 0 Å². The number of rotatable bonds is 3. The third kappa shape index (κ3) is 3.29. The van der Waals surface area contributed by atoms with E-state index in [0.29, 0.717) is 12.3 Å². The zero-order valence-corrected chi connectivity index (χ0v) is 15.6. The third-order valence-electron chi connectivity index (χ3n) is 4.47. The molecule has 1 aliphatic rings. The number of pyridine rings is 2. The smallest absolute Gasteiger partial charge is 0.363 e. The van der Waals surface area contributed by atoms with Gasteiger partial charge in [0, 0.05) is 23.6 Å². The topological polar surface area (TPSA) is 43.1 Å². The van der Waals surface area contributed by atoms with Crippen LogP contribution in [0.3, 0.4) is 0 Å². The van der Waals surface area contributed by atoms with Crippen LogP contribution in [0.25, 0.3) is 16.6 Å². The molecule has 2 aromatic heterocycles. The number of benzene rings is 1. The largest absolute Gasteiger partial charge is 1.00 e. The highest BCUT2D eigenvalue weighted by Crippen LogP contribution is 2.28. The Morgan fingerprint density at radius 3 is 2.56 bits per heavy atom. The van der Waals surface area contributed by atoms with Crippen molar-refractivity contribution in [2.75, 3.05) is 6.61 Å². The van der Waals surface area contributed by atoms with E-state index in [1.807, 2.05) is 41.2 Å². The molecule has 0 fully saturated rings. The molecule has 4 rings (SSSR count). The van der Waals surface area contributed by atoms with E-state index < -0.39 is 0 Å². The molecule has 0 atom stereocenters. The second-order valence-corrected chi connectivity index (χ2v) is 6.03. The van der Waals surface area contributed by atoms with Gasteiger partial charge in [-0.15, -0.1) is 0 Å². The molecule has 0 bridgehead atoms. The first-order chi connectivity index (χ1) is 11.8. The van der Waals surface area contributed by atoms with Crippen LogP contribution in [-0.4, -0.2) is 17.6 Å². The first kappa shape index (κ1) is 17.5. The number of fused-ring (bicyclic) bond motifs is 2. The van der Waals surface area contributed by atoms with Crippen LogP contribution in [0.4, 0.5) is 0 Å². The van der Waals surface area contributed by atoms with Crippen LogP contribution in [-0.2, 0) is 17.6 Å². The van der Waals surface area contributed by atoms with E-state index in [2.05, 4.69) is 17.1 Å². The van der Waals surface area contributed by atoms with Crippen molar-refractivity contribution < 1.29 is 31.1 Å². The van der Waals surface area contributed by atoms with Gasteiger partial charge in [-0.25, -0.2) is 9.78 Å². The average Bonchev–Trinajstić information content (AvgIpc) is 3.06. The quantitative estimate of drug-likeness (QED) is 0.466. The summed E-state index contributed by atoms with van der Waals surface area (Å²) in [5, 5.41) is 1.06. The molecular weight excluding hydrogens is 380 g/mol. The van der Waals surface area contributed by atoms with Crippen LogP contribution in [0, 0.1) is 0 Å². The maximum absolute atomic E-state index is 12.4. The van der Waals surface area contributed by atoms with Gasteiger partial charge in [0.2, 0.25) is 11.4 Å². The Kier molecular flexibility index (Phi) is 5.13. The van der Waals surface area contributed by atoms with Gasteiger partial charge in [0.05, 0.1) is 12.1 Å². The van der Waals surface area contributed by atoms with E-state index in [9.17, 15) is 4.79 Å². The number of halogens is 1. The molecule has 128 valence electrons. The van der Waals surface area contributed by atoms with Crippen molar-refractivity contribution >= 4 is 16.9 Å². The normalized spacial score (nSPS) is 12.5. The van der Waals surface area contributed by atoms with E-state index in [1.165, 1.54) is 17.5 Å². The fraction of sp³-hybridized carbons (Fsp3) is 0.250. The number of carbonyl (C=O) groups is 1. The first-order valence-corrected chi connectivity index (χ1v) is 8.36. The van der Waals surface area contributed by atoms with E-state index in [0.717, 1.165) is 29.4 Å². The van der Waals surface area contributed by atoms with E-state index >= 15 is 0 Å². The zero-order chi connectivity index (χ0) is 16.5. The third-order valence-corrected chi connectivity index (χ3v) is 4.47. The highest BCUT2D eigenvalue weighted by atomic mass is 79.9. The van der Waals surface area contributed by atoms with Crippen molar-refractivity contribution in [1.29, 1.82) is 0 Å². The predicted octanol–water partition coefficient (Wildman–Crippen LogP) is 0.181. The molecule has 5 heteroatoms. The summed E-state index contributed by atoms with van der Waals surface area (Å²) in [6.07, 6.45) is 7.24. The Hall–Kier alpha value is -2.27. The molecular formula is C20H19BrN2O2. The number of esters is 1. The Labute approximate surface area is 157 Å². The Morgan fingerprint density at radius 1 is 1.12 bits per heavy atom. The predicted molar refractivity (Wildman–Crippen MR) is 91.3 cm³/mol. The lowest BCUT2D eigenvalue weighted by molar-refractivity contribution is -0.596. The van der Waals surface area contributed by atoms with Crippen molar-refractivity contribution in [3.63, 3.8) is 0 Å². The zero-order valence-electron chi connectivity index (χ0n) is 14.0. The van der Waals surface area contributed by atoms with Crippen molar-refractivity contribution in [2.45, 2.75) is 26.2 Å². The molecule has 0 radical (unpaired) electrons. The summed E-state index contributed by atoms with van der Waals surface area (Å²) < 4.78 is 7.13. The number of carbonyl (C=O) groups excluding carboxylic acids is 1. The summed E-state index contributed by atoms with van der Waals surface area (Å²) in [6, 6.07) is 12.2. The Morgan fingerprint density at radius 2 is 1.84 bits per heavy atom. The molecule has 0 spiro atoms. The molecule has 0 aliphatic heterocycles. The first-order valence-electron chi connectivity index (χ1n) is 8.36. The Bertz CT molecular complexity index is 926. The number of ether oxygens (including phenoxy) is 1. The van der Waals surface area contributed by atoms with Gasteiger partial charge in [0.15, 0.2) is 12.4 Å². The van der Waals surface area contributed by atoms with E-state index in [1.54, 1.807) is 6.92 Å². The minimum absolute atomic E-state index is 0. The number of aryl methyl sites for hydroxylation is 2. The highest BCUT2D eigenvalue weighted by molar-refractivity contribution is 5.95. The lowest BCUT2D eigenvalue weighted by Gasteiger charge is -2.08. The summed E-state index contributed by atoms with van der Waals surface area (Å²) in [5.41, 5.74) is 4.72. The van der Waals surface area contributed by atoms with Gasteiger partial charge in [-0.05, 0) is 49.4 Å². The average molecular weight is 399 g/mol. The van der Waals surface area contributed by atoms with Crippen LogP contribution in [0.5, 0.6) is 0 Å². The van der Waals surface area contributed by atoms with E-state index in [4.69, 9.17) is 4.74 Å². The summed E-state index contributed by atoms with van der Waals surface area (Å²) in [7, 11) is 0. The number of hydrogen-bond acceptors (Lipinski definition) is 3. The second-order valence-electron chi connectivity index (χ2n) is 6.03. The number of aromatic nitrogens is 2. The molecule has 0 unspecified atom stereocenters. The van der Waals surface area contributed by atoms with Gasteiger partial charge in [-0.2, -0.15) is 4.57 Å². The van der Waals surface area contributed by atoms with Gasteiger partial charge >= 0.3 is 5.97 Å². The maximum atomic E-state index is 12.4. The van der Waals surface area contributed by atoms with Crippen LogP contribution in [0.1, 0.15) is 35.0 Å². The van der Waals surface area contributed by atoms with Gasteiger partial charge < -0.3 is 21.7 Å². The molecule has 25 heavy (non-hydrogen) atoms. The van der Waals surface area contributed by atoms with Gasteiger partial charge in [-0.1, -0.05) is 6.07 Å². The monoisotopic (exact) mass is 398 g/mol. The van der Waals surface area contributed by atoms with Crippen molar-refractivity contribution in [1.82, 2.24) is 4.98 Å². The van der Waals surface area contributed by atoms with Crippen molar-refractivity contribution in [2.24, 2.45) is 0 Å². The molecule has 3 aromatic rings. The molecule has 1 aromatic carbocycles. The number of hydrogen-bond donors (Lipinski definition) is 0. The van der Waals surface area contributed by atoms with Crippen LogP contribution in [0.15, 0.2) is 48.8 Å². The summed E-state index contributed by atoms with van der Waals surface area (Å²) >= 11 is 0. The fourth-order valence-electron chi connectivity index (χ4n) is 3.34. The summed E-state index contributed by atoms with van der Waals surface area (Å²) in [6.45, 7) is 2.14. The fourth-order valence-corrected chi connectivity index (χ4v) is 3.34. The lowest BCUT2D eigenvalue weighted by atomic mass is 10.1. The minimum Gasteiger partial charge on any atom is -1.00 e. The molecule has 0 saturated heterocycles. The summed E-state index contributed by atoms with van der Waals surface area (Å²) in [5.74, 6) is -0.383. The Balaban J connectivity index is 0.00000182. The minimum atomic E-state index is -0.383. The second kappa shape index (κ2) is 7.31. The molecule has 4 nitrogen and oxygen atoms in total. The molecule has 0 N–H and O–H groups in total. The van der Waals surface area contributed by atoms with Crippen LogP contribution in [0.2, 0.25) is 0 Å².